The molecule has 138 valence electrons. The van der Waals surface area contributed by atoms with Crippen LogP contribution < -0.4 is 5.32 Å². The number of anilines is 1. The molecule has 1 aliphatic rings. The Labute approximate surface area is 162 Å². The van der Waals surface area contributed by atoms with Crippen molar-refractivity contribution < 1.29 is 4.79 Å². The molecule has 1 N–H and O–H groups in total. The van der Waals surface area contributed by atoms with Crippen molar-refractivity contribution in [1.82, 2.24) is 19.7 Å². The number of pyridine rings is 1. The van der Waals surface area contributed by atoms with Crippen molar-refractivity contribution in [2.75, 3.05) is 11.1 Å². The number of nitrogens with one attached hydrogen (secondary N) is 1. The largest absolute Gasteiger partial charge is 0.310 e. The molecule has 6 nitrogen and oxygen atoms in total. The highest BCUT2D eigenvalue weighted by Gasteiger charge is 2.30. The number of amides is 1. The van der Waals surface area contributed by atoms with E-state index in [1.165, 1.54) is 17.3 Å². The highest BCUT2D eigenvalue weighted by molar-refractivity contribution is 7.99. The van der Waals surface area contributed by atoms with Crippen molar-refractivity contribution in [1.29, 1.82) is 0 Å². The lowest BCUT2D eigenvalue weighted by Crippen LogP contribution is -2.16. The van der Waals surface area contributed by atoms with Crippen LogP contribution in [-0.2, 0) is 11.3 Å². The molecule has 4 rings (SSSR count). The molecule has 2 heterocycles. The van der Waals surface area contributed by atoms with Gasteiger partial charge in [0.05, 0.1) is 12.3 Å². The van der Waals surface area contributed by atoms with Gasteiger partial charge in [-0.2, -0.15) is 0 Å². The van der Waals surface area contributed by atoms with Gasteiger partial charge < -0.3 is 9.88 Å². The standard InChI is InChI=1S/C20H21N5OS/c1-14-6-5-9-17(21-14)22-18(26)13-27-20-24-23-19(16-10-11-16)25(20)12-15-7-3-2-4-8-15/h2-9,16H,10-13H2,1H3,(H,21,22,26). The first-order valence-electron chi connectivity index (χ1n) is 9.02. The molecule has 2 aromatic heterocycles. The van der Waals surface area contributed by atoms with Crippen LogP contribution in [0.15, 0.2) is 53.7 Å². The van der Waals surface area contributed by atoms with Crippen molar-refractivity contribution in [2.24, 2.45) is 0 Å². The maximum absolute atomic E-state index is 12.3. The van der Waals surface area contributed by atoms with Gasteiger partial charge in [0.2, 0.25) is 5.91 Å². The van der Waals surface area contributed by atoms with E-state index >= 15 is 0 Å². The molecule has 1 saturated carbocycles. The van der Waals surface area contributed by atoms with Gasteiger partial charge in [0.25, 0.3) is 0 Å². The fourth-order valence-electron chi connectivity index (χ4n) is 2.89. The fourth-order valence-corrected chi connectivity index (χ4v) is 3.63. The van der Waals surface area contributed by atoms with Gasteiger partial charge in [0, 0.05) is 11.6 Å². The molecule has 1 fully saturated rings. The summed E-state index contributed by atoms with van der Waals surface area (Å²) in [5.74, 6) is 2.28. The summed E-state index contributed by atoms with van der Waals surface area (Å²) in [6.45, 7) is 2.62. The number of benzene rings is 1. The molecular weight excluding hydrogens is 358 g/mol. The number of rotatable bonds is 7. The Balaban J connectivity index is 1.44. The van der Waals surface area contributed by atoms with Crippen molar-refractivity contribution in [2.45, 2.75) is 37.4 Å². The van der Waals surface area contributed by atoms with Crippen molar-refractivity contribution >= 4 is 23.5 Å². The summed E-state index contributed by atoms with van der Waals surface area (Å²) in [5.41, 5.74) is 2.08. The molecule has 0 atom stereocenters. The van der Waals surface area contributed by atoms with E-state index in [0.717, 1.165) is 36.1 Å². The lowest BCUT2D eigenvalue weighted by atomic mass is 10.2. The smallest absolute Gasteiger partial charge is 0.236 e. The highest BCUT2D eigenvalue weighted by Crippen LogP contribution is 2.40. The normalized spacial score (nSPS) is 13.5. The molecule has 7 heteroatoms. The second-order valence-electron chi connectivity index (χ2n) is 6.69. The Morgan fingerprint density at radius 1 is 1.15 bits per heavy atom. The molecule has 0 saturated heterocycles. The van der Waals surface area contributed by atoms with E-state index in [4.69, 9.17) is 0 Å². The second kappa shape index (κ2) is 7.92. The Kier molecular flexibility index (Phi) is 5.20. The predicted molar refractivity (Wildman–Crippen MR) is 106 cm³/mol. The van der Waals surface area contributed by atoms with E-state index in [0.29, 0.717) is 11.7 Å². The first kappa shape index (κ1) is 17.7. The summed E-state index contributed by atoms with van der Waals surface area (Å²) in [4.78, 5) is 16.6. The number of thioether (sulfide) groups is 1. The summed E-state index contributed by atoms with van der Waals surface area (Å²) >= 11 is 1.41. The van der Waals surface area contributed by atoms with Gasteiger partial charge in [-0.3, -0.25) is 4.79 Å². The molecule has 3 aromatic rings. The van der Waals surface area contributed by atoms with Crippen LogP contribution in [-0.4, -0.2) is 31.4 Å². The molecule has 0 radical (unpaired) electrons. The zero-order valence-electron chi connectivity index (χ0n) is 15.1. The minimum absolute atomic E-state index is 0.0969. The third-order valence-electron chi connectivity index (χ3n) is 4.36. The van der Waals surface area contributed by atoms with E-state index in [1.807, 2.05) is 37.3 Å². The van der Waals surface area contributed by atoms with Crippen LogP contribution in [0.4, 0.5) is 5.82 Å². The first-order valence-corrected chi connectivity index (χ1v) is 10.0. The van der Waals surface area contributed by atoms with Gasteiger partial charge in [-0.15, -0.1) is 10.2 Å². The van der Waals surface area contributed by atoms with E-state index in [-0.39, 0.29) is 11.7 Å². The van der Waals surface area contributed by atoms with Crippen molar-refractivity contribution in [3.8, 4) is 0 Å². The van der Waals surface area contributed by atoms with Crippen LogP contribution in [0, 0.1) is 6.92 Å². The van der Waals surface area contributed by atoms with Crippen LogP contribution >= 0.6 is 11.8 Å². The second-order valence-corrected chi connectivity index (χ2v) is 7.63. The number of nitrogens with zero attached hydrogens (tertiary/aromatic N) is 4. The predicted octanol–water partition coefficient (Wildman–Crippen LogP) is 3.64. The number of aromatic nitrogens is 4. The summed E-state index contributed by atoms with van der Waals surface area (Å²) in [6.07, 6.45) is 2.33. The number of hydrogen-bond acceptors (Lipinski definition) is 5. The number of aryl methyl sites for hydroxylation is 1. The summed E-state index contributed by atoms with van der Waals surface area (Å²) in [5, 5.41) is 12.4. The van der Waals surface area contributed by atoms with Gasteiger partial charge in [-0.1, -0.05) is 48.2 Å². The number of hydrogen-bond donors (Lipinski definition) is 1. The zero-order chi connectivity index (χ0) is 18.6. The fraction of sp³-hybridized carbons (Fsp3) is 0.300. The lowest BCUT2D eigenvalue weighted by Gasteiger charge is -2.10. The van der Waals surface area contributed by atoms with Crippen LogP contribution in [0.3, 0.4) is 0 Å². The molecule has 1 aliphatic carbocycles. The van der Waals surface area contributed by atoms with E-state index in [9.17, 15) is 4.79 Å². The average Bonchev–Trinajstić information content (AvgIpc) is 3.43. The van der Waals surface area contributed by atoms with Crippen LogP contribution in [0.5, 0.6) is 0 Å². The Morgan fingerprint density at radius 2 is 1.96 bits per heavy atom. The molecule has 0 aliphatic heterocycles. The first-order chi connectivity index (χ1) is 13.2. The van der Waals surface area contributed by atoms with E-state index < -0.39 is 0 Å². The topological polar surface area (TPSA) is 72.7 Å². The molecule has 0 unspecified atom stereocenters. The van der Waals surface area contributed by atoms with Crippen LogP contribution in [0.25, 0.3) is 0 Å². The van der Waals surface area contributed by atoms with Crippen LogP contribution in [0.2, 0.25) is 0 Å². The van der Waals surface area contributed by atoms with Crippen molar-refractivity contribution in [3.05, 3.63) is 65.6 Å². The van der Waals surface area contributed by atoms with Gasteiger partial charge >= 0.3 is 0 Å². The highest BCUT2D eigenvalue weighted by atomic mass is 32.2. The quantitative estimate of drug-likeness (QED) is 0.635. The number of carbonyl (C=O) groups is 1. The van der Waals surface area contributed by atoms with Gasteiger partial charge in [-0.25, -0.2) is 4.98 Å². The van der Waals surface area contributed by atoms with E-state index in [1.54, 1.807) is 6.07 Å². The van der Waals surface area contributed by atoms with E-state index in [2.05, 4.69) is 37.2 Å². The molecular formula is C20H21N5OS. The Hall–Kier alpha value is -2.67. The van der Waals surface area contributed by atoms with Gasteiger partial charge in [0.15, 0.2) is 5.16 Å². The molecule has 27 heavy (non-hydrogen) atoms. The Morgan fingerprint density at radius 3 is 2.70 bits per heavy atom. The Bertz CT molecular complexity index is 937. The van der Waals surface area contributed by atoms with Crippen molar-refractivity contribution in [3.63, 3.8) is 0 Å². The molecule has 1 aromatic carbocycles. The lowest BCUT2D eigenvalue weighted by molar-refractivity contribution is -0.113. The summed E-state index contributed by atoms with van der Waals surface area (Å²) in [7, 11) is 0. The number of carbonyl (C=O) groups excluding carboxylic acids is 1. The molecule has 1 amide bonds. The maximum atomic E-state index is 12.3. The maximum Gasteiger partial charge on any atom is 0.236 e. The summed E-state index contributed by atoms with van der Waals surface area (Å²) in [6, 6.07) is 15.8. The zero-order valence-corrected chi connectivity index (χ0v) is 15.9. The van der Waals surface area contributed by atoms with Gasteiger partial charge in [-0.05, 0) is 37.5 Å². The molecule has 0 bridgehead atoms. The molecule has 0 spiro atoms. The SMILES string of the molecule is Cc1cccc(NC(=O)CSc2nnc(C3CC3)n2Cc2ccccc2)n1. The average molecular weight is 379 g/mol. The van der Waals surface area contributed by atoms with Gasteiger partial charge in [0.1, 0.15) is 11.6 Å². The minimum Gasteiger partial charge on any atom is -0.310 e. The summed E-state index contributed by atoms with van der Waals surface area (Å²) < 4.78 is 2.15. The minimum atomic E-state index is -0.0969. The third kappa shape index (κ3) is 4.54. The van der Waals surface area contributed by atoms with Crippen LogP contribution in [0.1, 0.15) is 35.8 Å². The monoisotopic (exact) mass is 379 g/mol. The third-order valence-corrected chi connectivity index (χ3v) is 5.33.